The molecular formula is C33H30ClF3O2. The Balaban J connectivity index is 1.49. The Hall–Kier alpha value is -3.57. The third kappa shape index (κ3) is 5.89. The van der Waals surface area contributed by atoms with E-state index in [0.717, 1.165) is 30.0 Å². The summed E-state index contributed by atoms with van der Waals surface area (Å²) in [7, 11) is 0. The van der Waals surface area contributed by atoms with Crippen LogP contribution in [0.1, 0.15) is 70.9 Å². The average molecular weight is 551 g/mol. The van der Waals surface area contributed by atoms with Gasteiger partial charge in [-0.1, -0.05) is 91.9 Å². The van der Waals surface area contributed by atoms with Gasteiger partial charge in [-0.25, -0.2) is 0 Å². The molecule has 2 nitrogen and oxygen atoms in total. The van der Waals surface area contributed by atoms with Gasteiger partial charge in [0.2, 0.25) is 0 Å². The lowest BCUT2D eigenvalue weighted by Gasteiger charge is -2.33. The first-order valence-electron chi connectivity index (χ1n) is 12.7. The van der Waals surface area contributed by atoms with Crippen LogP contribution in [0.4, 0.5) is 13.2 Å². The third-order valence-electron chi connectivity index (χ3n) is 7.58. The molecule has 4 aromatic carbocycles. The smallest absolute Gasteiger partial charge is 0.402 e. The molecule has 0 amide bonds. The van der Waals surface area contributed by atoms with Gasteiger partial charge in [-0.2, -0.15) is 13.2 Å². The third-order valence-corrected chi connectivity index (χ3v) is 8.07. The predicted octanol–water partition coefficient (Wildman–Crippen LogP) is 8.95. The van der Waals surface area contributed by atoms with Gasteiger partial charge in [-0.15, -0.1) is 11.6 Å². The predicted molar refractivity (Wildman–Crippen MR) is 150 cm³/mol. The molecule has 4 aromatic rings. The van der Waals surface area contributed by atoms with Gasteiger partial charge < -0.3 is 5.11 Å². The van der Waals surface area contributed by atoms with E-state index in [1.807, 2.05) is 38.1 Å². The zero-order valence-electron chi connectivity index (χ0n) is 22.0. The number of phenolic OH excluding ortho intramolecular Hbond substituents is 1. The molecule has 0 fully saturated rings. The van der Waals surface area contributed by atoms with Crippen molar-refractivity contribution < 1.29 is 23.1 Å². The van der Waals surface area contributed by atoms with Gasteiger partial charge in [0.25, 0.3) is 0 Å². The normalized spacial score (nSPS) is 14.8. The molecule has 0 heterocycles. The molecule has 0 aliphatic heterocycles. The summed E-state index contributed by atoms with van der Waals surface area (Å²) in [5.41, 5.74) is 1.83. The highest BCUT2D eigenvalue weighted by atomic mass is 35.5. The van der Waals surface area contributed by atoms with Crippen molar-refractivity contribution in [2.75, 3.05) is 0 Å². The van der Waals surface area contributed by atoms with Crippen molar-refractivity contribution in [3.63, 3.8) is 0 Å². The molecule has 2 atom stereocenters. The van der Waals surface area contributed by atoms with Crippen molar-refractivity contribution in [2.24, 2.45) is 0 Å². The molecule has 0 saturated heterocycles. The van der Waals surface area contributed by atoms with E-state index in [0.29, 0.717) is 17.5 Å². The van der Waals surface area contributed by atoms with E-state index in [1.54, 1.807) is 36.4 Å². The van der Waals surface area contributed by atoms with Crippen LogP contribution in [0.3, 0.4) is 0 Å². The lowest BCUT2D eigenvalue weighted by molar-refractivity contribution is -0.173. The number of alkyl halides is 4. The molecule has 0 aliphatic rings. The molecule has 4 rings (SSSR count). The van der Waals surface area contributed by atoms with E-state index in [2.05, 4.69) is 0 Å². The average Bonchev–Trinajstić information content (AvgIpc) is 2.93. The SMILES string of the molecule is CCC(C)(Cl)c1ccc(C(=O)c2ccc(Cc3ccc(C(C)(c4ccc(O)cc4)C(F)(F)F)cc3)cc2)cc1. The fraction of sp³-hybridized carbons (Fsp3) is 0.242. The number of phenols is 1. The number of carbonyl (C=O) groups is 1. The minimum Gasteiger partial charge on any atom is -0.508 e. The number of hydrogen-bond donors (Lipinski definition) is 1. The molecule has 202 valence electrons. The lowest BCUT2D eigenvalue weighted by atomic mass is 9.75. The summed E-state index contributed by atoms with van der Waals surface area (Å²) in [4.78, 5) is 12.5. The number of carbonyl (C=O) groups excluding carboxylic acids is 1. The van der Waals surface area contributed by atoms with E-state index in [1.165, 1.54) is 36.4 Å². The van der Waals surface area contributed by atoms with E-state index < -0.39 is 16.5 Å². The van der Waals surface area contributed by atoms with Crippen LogP contribution < -0.4 is 0 Å². The molecule has 0 aliphatic carbocycles. The Kier molecular flexibility index (Phi) is 7.94. The van der Waals surface area contributed by atoms with Crippen molar-refractivity contribution >= 4 is 17.4 Å². The first-order chi connectivity index (χ1) is 18.3. The van der Waals surface area contributed by atoms with Crippen LogP contribution >= 0.6 is 11.6 Å². The number of rotatable bonds is 8. The van der Waals surface area contributed by atoms with Gasteiger partial charge in [0.15, 0.2) is 5.78 Å². The minimum absolute atomic E-state index is 0.0532. The van der Waals surface area contributed by atoms with E-state index in [9.17, 15) is 23.1 Å². The molecule has 0 aromatic heterocycles. The van der Waals surface area contributed by atoms with E-state index >= 15 is 0 Å². The summed E-state index contributed by atoms with van der Waals surface area (Å²) >= 11 is 6.52. The van der Waals surface area contributed by atoms with Crippen LogP contribution in [0.5, 0.6) is 5.75 Å². The number of ketones is 1. The Morgan fingerprint density at radius 2 is 1.08 bits per heavy atom. The van der Waals surface area contributed by atoms with Crippen molar-refractivity contribution in [1.82, 2.24) is 0 Å². The maximum atomic E-state index is 14.2. The van der Waals surface area contributed by atoms with Crippen molar-refractivity contribution in [3.05, 3.63) is 136 Å². The molecule has 0 radical (unpaired) electrons. The minimum atomic E-state index is -4.53. The van der Waals surface area contributed by atoms with Crippen molar-refractivity contribution in [3.8, 4) is 5.75 Å². The monoisotopic (exact) mass is 550 g/mol. The molecule has 39 heavy (non-hydrogen) atoms. The Morgan fingerprint density at radius 3 is 1.51 bits per heavy atom. The van der Waals surface area contributed by atoms with Gasteiger partial charge >= 0.3 is 6.18 Å². The zero-order valence-corrected chi connectivity index (χ0v) is 22.8. The van der Waals surface area contributed by atoms with Crippen LogP contribution in [0.15, 0.2) is 97.1 Å². The number of halogens is 4. The quantitative estimate of drug-likeness (QED) is 0.176. The lowest BCUT2D eigenvalue weighted by Crippen LogP contribution is -2.40. The van der Waals surface area contributed by atoms with Crippen LogP contribution in [-0.4, -0.2) is 17.1 Å². The fourth-order valence-electron chi connectivity index (χ4n) is 4.59. The summed E-state index contributed by atoms with van der Waals surface area (Å²) in [6.07, 6.45) is -3.25. The highest BCUT2D eigenvalue weighted by Gasteiger charge is 2.53. The van der Waals surface area contributed by atoms with E-state index in [4.69, 9.17) is 11.6 Å². The molecule has 0 bridgehead atoms. The number of hydrogen-bond acceptors (Lipinski definition) is 2. The second kappa shape index (κ2) is 10.9. The maximum Gasteiger partial charge on any atom is 0.402 e. The molecule has 2 unspecified atom stereocenters. The molecular weight excluding hydrogens is 521 g/mol. The van der Waals surface area contributed by atoms with Gasteiger partial charge in [-0.3, -0.25) is 4.79 Å². The van der Waals surface area contributed by atoms with Crippen molar-refractivity contribution in [1.29, 1.82) is 0 Å². The fourth-order valence-corrected chi connectivity index (χ4v) is 4.72. The number of aromatic hydroxyl groups is 1. The highest BCUT2D eigenvalue weighted by Crippen LogP contribution is 2.46. The largest absolute Gasteiger partial charge is 0.508 e. The summed E-state index contributed by atoms with van der Waals surface area (Å²) in [5.74, 6) is -0.180. The molecule has 1 N–H and O–H groups in total. The van der Waals surface area contributed by atoms with Gasteiger partial charge in [0.05, 0.1) is 4.87 Å². The van der Waals surface area contributed by atoms with Crippen LogP contribution in [0.2, 0.25) is 0 Å². The summed E-state index contributed by atoms with van der Waals surface area (Å²) in [6, 6.07) is 26.1. The van der Waals surface area contributed by atoms with Crippen molar-refractivity contribution in [2.45, 2.75) is 50.1 Å². The van der Waals surface area contributed by atoms with Crippen LogP contribution in [0, 0.1) is 0 Å². The Morgan fingerprint density at radius 1 is 0.692 bits per heavy atom. The standard InChI is InChI=1S/C33H30ClF3O2/c1-4-31(2,34)26-15-11-25(12-16-26)30(39)24-9-5-22(6-10-24)21-23-7-13-27(14-8-23)32(3,33(35,36)37)28-17-19-29(38)20-18-28/h5-20,38H,4,21H2,1-3H3. The van der Waals surface area contributed by atoms with E-state index in [-0.39, 0.29) is 22.7 Å². The first-order valence-corrected chi connectivity index (χ1v) is 13.1. The highest BCUT2D eigenvalue weighted by molar-refractivity contribution is 6.23. The Labute approximate surface area is 232 Å². The second-order valence-corrected chi connectivity index (χ2v) is 11.0. The maximum absolute atomic E-state index is 14.2. The van der Waals surface area contributed by atoms with Gasteiger partial charge in [0.1, 0.15) is 11.2 Å². The molecule has 6 heteroatoms. The van der Waals surface area contributed by atoms with Crippen LogP contribution in [0.25, 0.3) is 0 Å². The summed E-state index contributed by atoms with van der Waals surface area (Å²) in [6.45, 7) is 5.11. The van der Waals surface area contributed by atoms with Gasteiger partial charge in [-0.05, 0) is 66.6 Å². The topological polar surface area (TPSA) is 37.3 Å². The van der Waals surface area contributed by atoms with Crippen LogP contribution in [-0.2, 0) is 16.7 Å². The number of benzene rings is 4. The Bertz CT molecular complexity index is 1420. The second-order valence-electron chi connectivity index (χ2n) is 10.2. The molecule has 0 saturated carbocycles. The molecule has 0 spiro atoms. The zero-order chi connectivity index (χ0) is 28.4. The summed E-state index contributed by atoms with van der Waals surface area (Å²) in [5, 5.41) is 9.52. The summed E-state index contributed by atoms with van der Waals surface area (Å²) < 4.78 is 42.7. The first kappa shape index (κ1) is 28.4. The van der Waals surface area contributed by atoms with Gasteiger partial charge in [0, 0.05) is 11.1 Å².